The number of halogens is 3. The SMILES string of the molecule is O=C(O)c1cc(O)ccc1Nc1ccnc2c(C(F)(F)F)cccc12. The Bertz CT molecular complexity index is 971. The van der Waals surface area contributed by atoms with Crippen LogP contribution in [0.15, 0.2) is 48.7 Å². The van der Waals surface area contributed by atoms with Crippen molar-refractivity contribution in [3.05, 3.63) is 59.8 Å². The maximum Gasteiger partial charge on any atom is 0.418 e. The van der Waals surface area contributed by atoms with Gasteiger partial charge < -0.3 is 15.5 Å². The van der Waals surface area contributed by atoms with E-state index in [1.807, 2.05) is 0 Å². The van der Waals surface area contributed by atoms with Crippen LogP contribution < -0.4 is 5.32 Å². The summed E-state index contributed by atoms with van der Waals surface area (Å²) in [6.07, 6.45) is -3.35. The van der Waals surface area contributed by atoms with Crippen LogP contribution in [0.25, 0.3) is 10.9 Å². The number of carbonyl (C=O) groups is 1. The number of pyridine rings is 1. The number of hydrogen-bond acceptors (Lipinski definition) is 4. The number of phenols is 1. The number of nitrogens with zero attached hydrogens (tertiary/aromatic N) is 1. The highest BCUT2D eigenvalue weighted by Crippen LogP contribution is 2.36. The van der Waals surface area contributed by atoms with E-state index in [2.05, 4.69) is 10.3 Å². The molecule has 0 atom stereocenters. The number of hydrogen-bond donors (Lipinski definition) is 3. The number of rotatable bonds is 3. The first-order valence-electron chi connectivity index (χ1n) is 7.05. The average Bonchev–Trinajstić information content (AvgIpc) is 2.55. The first-order chi connectivity index (χ1) is 11.8. The van der Waals surface area contributed by atoms with Gasteiger partial charge >= 0.3 is 12.1 Å². The van der Waals surface area contributed by atoms with E-state index >= 15 is 0 Å². The molecule has 1 heterocycles. The van der Waals surface area contributed by atoms with Crippen LogP contribution in [-0.4, -0.2) is 21.2 Å². The molecular weight excluding hydrogens is 337 g/mol. The molecule has 0 aliphatic rings. The summed E-state index contributed by atoms with van der Waals surface area (Å²) in [6, 6.07) is 8.75. The van der Waals surface area contributed by atoms with Crippen LogP contribution in [0.1, 0.15) is 15.9 Å². The van der Waals surface area contributed by atoms with Crippen molar-refractivity contribution < 1.29 is 28.2 Å². The Morgan fingerprint density at radius 2 is 1.84 bits per heavy atom. The van der Waals surface area contributed by atoms with Crippen molar-refractivity contribution in [2.45, 2.75) is 6.18 Å². The van der Waals surface area contributed by atoms with Gasteiger partial charge in [-0.25, -0.2) is 4.79 Å². The molecule has 0 saturated carbocycles. The first kappa shape index (κ1) is 16.6. The van der Waals surface area contributed by atoms with Gasteiger partial charge in [0.05, 0.1) is 22.3 Å². The highest BCUT2D eigenvalue weighted by Gasteiger charge is 2.33. The minimum atomic E-state index is -4.56. The molecule has 3 rings (SSSR count). The quantitative estimate of drug-likeness (QED) is 0.611. The molecule has 0 bridgehead atoms. The van der Waals surface area contributed by atoms with E-state index < -0.39 is 17.7 Å². The lowest BCUT2D eigenvalue weighted by molar-refractivity contribution is -0.136. The van der Waals surface area contributed by atoms with E-state index in [1.54, 1.807) is 0 Å². The van der Waals surface area contributed by atoms with Crippen molar-refractivity contribution in [1.82, 2.24) is 4.98 Å². The fourth-order valence-electron chi connectivity index (χ4n) is 2.48. The Balaban J connectivity index is 2.14. The fourth-order valence-corrected chi connectivity index (χ4v) is 2.48. The van der Waals surface area contributed by atoms with Crippen molar-refractivity contribution in [1.29, 1.82) is 0 Å². The van der Waals surface area contributed by atoms with E-state index in [-0.39, 0.29) is 33.6 Å². The Hall–Kier alpha value is -3.29. The third kappa shape index (κ3) is 3.18. The second-order valence-corrected chi connectivity index (χ2v) is 5.22. The Morgan fingerprint density at radius 3 is 2.52 bits per heavy atom. The predicted molar refractivity (Wildman–Crippen MR) is 85.1 cm³/mol. The number of aromatic hydroxyl groups is 1. The third-order valence-electron chi connectivity index (χ3n) is 3.58. The van der Waals surface area contributed by atoms with Crippen LogP contribution in [-0.2, 0) is 6.18 Å². The third-order valence-corrected chi connectivity index (χ3v) is 3.58. The number of para-hydroxylation sites is 1. The number of carboxylic acids is 1. The lowest BCUT2D eigenvalue weighted by Gasteiger charge is -2.14. The zero-order chi connectivity index (χ0) is 18.2. The summed E-state index contributed by atoms with van der Waals surface area (Å²) in [5, 5.41) is 21.6. The standard InChI is InChI=1S/C17H11F3N2O3/c18-17(19,20)12-3-1-2-10-14(6-7-21-15(10)12)22-13-5-4-9(23)8-11(13)16(24)25/h1-8,23H,(H,21,22)(H,24,25). The van der Waals surface area contributed by atoms with E-state index in [1.165, 1.54) is 36.5 Å². The summed E-state index contributed by atoms with van der Waals surface area (Å²) in [4.78, 5) is 15.1. The van der Waals surface area contributed by atoms with Gasteiger partial charge in [0, 0.05) is 17.3 Å². The zero-order valence-electron chi connectivity index (χ0n) is 12.5. The van der Waals surface area contributed by atoms with Gasteiger partial charge in [-0.2, -0.15) is 13.2 Å². The van der Waals surface area contributed by atoms with Crippen LogP contribution >= 0.6 is 0 Å². The normalized spacial score (nSPS) is 11.5. The zero-order valence-corrected chi connectivity index (χ0v) is 12.5. The molecule has 25 heavy (non-hydrogen) atoms. The van der Waals surface area contributed by atoms with Crippen molar-refractivity contribution in [3.63, 3.8) is 0 Å². The largest absolute Gasteiger partial charge is 0.508 e. The van der Waals surface area contributed by atoms with Crippen molar-refractivity contribution in [2.24, 2.45) is 0 Å². The number of benzene rings is 2. The molecule has 0 aliphatic carbocycles. The predicted octanol–water partition coefficient (Wildman–Crippen LogP) is 4.40. The number of carboxylic acid groups (broad SMARTS) is 1. The van der Waals surface area contributed by atoms with Crippen molar-refractivity contribution in [3.8, 4) is 5.75 Å². The Morgan fingerprint density at radius 1 is 1.08 bits per heavy atom. The molecule has 0 aliphatic heterocycles. The molecule has 3 N–H and O–H groups in total. The number of phenolic OH excluding ortho intramolecular Hbond substituents is 1. The maximum absolute atomic E-state index is 13.1. The molecule has 0 unspecified atom stereocenters. The molecule has 0 saturated heterocycles. The van der Waals surface area contributed by atoms with Crippen molar-refractivity contribution >= 4 is 28.2 Å². The molecule has 0 spiro atoms. The molecule has 8 heteroatoms. The van der Waals surface area contributed by atoms with E-state index in [4.69, 9.17) is 0 Å². The molecule has 0 radical (unpaired) electrons. The molecule has 3 aromatic rings. The van der Waals surface area contributed by atoms with Gasteiger partial charge in [0.1, 0.15) is 5.75 Å². The summed E-state index contributed by atoms with van der Waals surface area (Å²) in [5.74, 6) is -1.52. The lowest BCUT2D eigenvalue weighted by atomic mass is 10.1. The number of aromatic carboxylic acids is 1. The number of nitrogens with one attached hydrogen (secondary N) is 1. The van der Waals surface area contributed by atoms with E-state index in [9.17, 15) is 28.2 Å². The van der Waals surface area contributed by atoms with Crippen LogP contribution in [0.2, 0.25) is 0 Å². The first-order valence-corrected chi connectivity index (χ1v) is 7.05. The highest BCUT2D eigenvalue weighted by atomic mass is 19.4. The minimum Gasteiger partial charge on any atom is -0.508 e. The summed E-state index contributed by atoms with van der Waals surface area (Å²) in [5.41, 5.74) is -0.926. The number of aromatic nitrogens is 1. The second-order valence-electron chi connectivity index (χ2n) is 5.22. The highest BCUT2D eigenvalue weighted by molar-refractivity contribution is 5.99. The van der Waals surface area contributed by atoms with Gasteiger partial charge in [0.25, 0.3) is 0 Å². The molecule has 5 nitrogen and oxygen atoms in total. The summed E-state index contributed by atoms with van der Waals surface area (Å²) in [6.45, 7) is 0. The fraction of sp³-hybridized carbons (Fsp3) is 0.0588. The summed E-state index contributed by atoms with van der Waals surface area (Å²) < 4.78 is 39.4. The Labute approximate surface area is 139 Å². The molecule has 128 valence electrons. The molecule has 0 fully saturated rings. The van der Waals surface area contributed by atoms with Gasteiger partial charge in [0.15, 0.2) is 0 Å². The van der Waals surface area contributed by atoms with Crippen LogP contribution in [0.5, 0.6) is 5.75 Å². The smallest absolute Gasteiger partial charge is 0.418 e. The topological polar surface area (TPSA) is 82.5 Å². The number of alkyl halides is 3. The monoisotopic (exact) mass is 348 g/mol. The molecular formula is C17H11F3N2O3. The molecule has 0 amide bonds. The second kappa shape index (κ2) is 5.97. The molecule has 2 aromatic carbocycles. The average molecular weight is 348 g/mol. The Kier molecular flexibility index (Phi) is 3.96. The van der Waals surface area contributed by atoms with Crippen molar-refractivity contribution in [2.75, 3.05) is 5.32 Å². The van der Waals surface area contributed by atoms with Gasteiger partial charge in [0.2, 0.25) is 0 Å². The van der Waals surface area contributed by atoms with Gasteiger partial charge in [-0.1, -0.05) is 12.1 Å². The van der Waals surface area contributed by atoms with E-state index in [0.717, 1.165) is 12.1 Å². The minimum absolute atomic E-state index is 0.134. The lowest BCUT2D eigenvalue weighted by Crippen LogP contribution is -2.07. The number of fused-ring (bicyclic) bond motifs is 1. The van der Waals surface area contributed by atoms with Crippen LogP contribution in [0.4, 0.5) is 24.5 Å². The van der Waals surface area contributed by atoms with E-state index in [0.29, 0.717) is 0 Å². The summed E-state index contributed by atoms with van der Waals surface area (Å²) in [7, 11) is 0. The van der Waals surface area contributed by atoms with Gasteiger partial charge in [-0.3, -0.25) is 4.98 Å². The summed E-state index contributed by atoms with van der Waals surface area (Å²) >= 11 is 0. The van der Waals surface area contributed by atoms with Gasteiger partial charge in [-0.15, -0.1) is 0 Å². The van der Waals surface area contributed by atoms with Crippen LogP contribution in [0.3, 0.4) is 0 Å². The van der Waals surface area contributed by atoms with Crippen LogP contribution in [0, 0.1) is 0 Å². The molecule has 1 aromatic heterocycles. The maximum atomic E-state index is 13.1. The van der Waals surface area contributed by atoms with Gasteiger partial charge in [-0.05, 0) is 30.3 Å². The number of anilines is 2.